The van der Waals surface area contributed by atoms with Gasteiger partial charge >= 0.3 is 18.0 Å². The van der Waals surface area contributed by atoms with Gasteiger partial charge in [-0.05, 0) is 33.1 Å². The molecule has 1 saturated heterocycles. The fourth-order valence-electron chi connectivity index (χ4n) is 1.83. The molecule has 20 heavy (non-hydrogen) atoms. The summed E-state index contributed by atoms with van der Waals surface area (Å²) in [6, 6.07) is 0.0283. The minimum atomic E-state index is -1.30. The maximum absolute atomic E-state index is 11.8. The maximum atomic E-state index is 11.8. The lowest BCUT2D eigenvalue weighted by molar-refractivity contribution is -0.172. The number of hydrogen-bond donors (Lipinski definition) is 1. The molecule has 0 saturated carbocycles. The van der Waals surface area contributed by atoms with Crippen LogP contribution in [-0.2, 0) is 19.1 Å². The first kappa shape index (κ1) is 16.4. The first-order chi connectivity index (χ1) is 9.10. The second-order valence-corrected chi connectivity index (χ2v) is 6.03. The lowest BCUT2D eigenvalue weighted by Crippen LogP contribution is -2.49. The van der Waals surface area contributed by atoms with Crippen molar-refractivity contribution < 1.29 is 23.9 Å². The average molecular weight is 286 g/mol. The van der Waals surface area contributed by atoms with Crippen LogP contribution in [0.4, 0.5) is 4.79 Å². The van der Waals surface area contributed by atoms with Gasteiger partial charge in [-0.15, -0.1) is 0 Å². The Bertz CT molecular complexity index is 402. The van der Waals surface area contributed by atoms with Gasteiger partial charge in [0.15, 0.2) is 0 Å². The summed E-state index contributed by atoms with van der Waals surface area (Å²) >= 11 is 0. The summed E-state index contributed by atoms with van der Waals surface area (Å²) in [6.45, 7) is 7.59. The summed E-state index contributed by atoms with van der Waals surface area (Å²) < 4.78 is 9.34. The van der Waals surface area contributed by atoms with Crippen molar-refractivity contribution in [3.63, 3.8) is 0 Å². The third kappa shape index (κ3) is 4.80. The first-order valence-electron chi connectivity index (χ1n) is 6.60. The van der Waals surface area contributed by atoms with Crippen LogP contribution >= 0.6 is 0 Å². The van der Waals surface area contributed by atoms with E-state index in [4.69, 9.17) is 10.5 Å². The van der Waals surface area contributed by atoms with Crippen molar-refractivity contribution in [2.75, 3.05) is 13.1 Å². The molecule has 0 aromatic rings. The quantitative estimate of drug-likeness (QED) is 0.399. The number of nitrogens with two attached hydrogens (primary N) is 1. The number of esters is 2. The van der Waals surface area contributed by atoms with Crippen LogP contribution in [0.1, 0.15) is 34.1 Å². The summed E-state index contributed by atoms with van der Waals surface area (Å²) in [4.78, 5) is 36.0. The van der Waals surface area contributed by atoms with E-state index in [-0.39, 0.29) is 12.0 Å². The van der Waals surface area contributed by atoms with E-state index < -0.39 is 23.6 Å². The van der Waals surface area contributed by atoms with Crippen molar-refractivity contribution in [3.8, 4) is 0 Å². The van der Waals surface area contributed by atoms with Crippen LogP contribution in [0, 0.1) is 5.92 Å². The van der Waals surface area contributed by atoms with E-state index >= 15 is 0 Å². The van der Waals surface area contributed by atoms with Crippen molar-refractivity contribution in [2.45, 2.75) is 45.8 Å². The molecule has 0 spiro atoms. The third-order valence-electron chi connectivity index (χ3n) is 2.98. The van der Waals surface area contributed by atoms with Gasteiger partial charge in [-0.25, -0.2) is 14.4 Å². The molecule has 7 heteroatoms. The fourth-order valence-corrected chi connectivity index (χ4v) is 1.83. The van der Waals surface area contributed by atoms with Crippen molar-refractivity contribution in [2.24, 2.45) is 11.7 Å². The molecule has 7 nitrogen and oxygen atoms in total. The topological polar surface area (TPSA) is 98.9 Å². The minimum Gasteiger partial charge on any atom is -0.452 e. The molecular weight excluding hydrogens is 264 g/mol. The molecule has 0 aromatic carbocycles. The van der Waals surface area contributed by atoms with Crippen LogP contribution < -0.4 is 5.73 Å². The standard InChI is InChI=1S/C13H22N2O5/c1-8-7-15(6-5-9(8)14)12(18)19-10(16)11(17)20-13(2,3)4/h8-9H,5-7,14H2,1-4H3. The van der Waals surface area contributed by atoms with Gasteiger partial charge in [-0.2, -0.15) is 0 Å². The van der Waals surface area contributed by atoms with E-state index in [1.807, 2.05) is 6.92 Å². The Labute approximate surface area is 118 Å². The summed E-state index contributed by atoms with van der Waals surface area (Å²) in [5, 5.41) is 0. The van der Waals surface area contributed by atoms with E-state index in [2.05, 4.69) is 4.74 Å². The zero-order valence-electron chi connectivity index (χ0n) is 12.3. The van der Waals surface area contributed by atoms with Gasteiger partial charge < -0.3 is 20.1 Å². The number of hydrogen-bond acceptors (Lipinski definition) is 6. The average Bonchev–Trinajstić information content (AvgIpc) is 2.30. The first-order valence-corrected chi connectivity index (χ1v) is 6.60. The Morgan fingerprint density at radius 2 is 1.80 bits per heavy atom. The molecule has 2 N–H and O–H groups in total. The van der Waals surface area contributed by atoms with Crippen LogP contribution in [0.5, 0.6) is 0 Å². The van der Waals surface area contributed by atoms with Gasteiger partial charge in [-0.1, -0.05) is 6.92 Å². The van der Waals surface area contributed by atoms with Crippen molar-refractivity contribution >= 4 is 18.0 Å². The predicted octanol–water partition coefficient (Wildman–Crippen LogP) is 0.660. The zero-order chi connectivity index (χ0) is 15.5. The lowest BCUT2D eigenvalue weighted by atomic mass is 9.95. The van der Waals surface area contributed by atoms with Crippen LogP contribution in [0.3, 0.4) is 0 Å². The highest BCUT2D eigenvalue weighted by Gasteiger charge is 2.31. The molecule has 1 aliphatic heterocycles. The van der Waals surface area contributed by atoms with Crippen LogP contribution in [0.2, 0.25) is 0 Å². The molecule has 0 aliphatic carbocycles. The smallest absolute Gasteiger partial charge is 0.426 e. The molecule has 1 rings (SSSR count). The molecule has 1 aliphatic rings. The Kier molecular flexibility index (Phi) is 5.10. The largest absolute Gasteiger partial charge is 0.452 e. The normalized spacial score (nSPS) is 23.1. The Balaban J connectivity index is 2.50. The summed E-state index contributed by atoms with van der Waals surface area (Å²) in [5.74, 6) is -2.35. The predicted molar refractivity (Wildman–Crippen MR) is 70.7 cm³/mol. The Hall–Kier alpha value is -1.63. The second kappa shape index (κ2) is 6.21. The number of carbonyl (C=O) groups excluding carboxylic acids is 3. The number of amides is 1. The van der Waals surface area contributed by atoms with Crippen LogP contribution in [-0.4, -0.2) is 47.7 Å². The lowest BCUT2D eigenvalue weighted by Gasteiger charge is -2.33. The molecule has 0 aromatic heterocycles. The van der Waals surface area contributed by atoms with Gasteiger partial charge in [0.2, 0.25) is 0 Å². The molecule has 1 heterocycles. The number of rotatable bonds is 0. The van der Waals surface area contributed by atoms with Gasteiger partial charge in [0.1, 0.15) is 5.60 Å². The molecule has 114 valence electrons. The van der Waals surface area contributed by atoms with Crippen LogP contribution in [0.15, 0.2) is 0 Å². The number of likely N-dealkylation sites (tertiary alicyclic amines) is 1. The molecular formula is C13H22N2O5. The molecule has 0 radical (unpaired) electrons. The zero-order valence-corrected chi connectivity index (χ0v) is 12.3. The molecule has 0 bridgehead atoms. The van der Waals surface area contributed by atoms with Gasteiger partial charge in [0, 0.05) is 19.1 Å². The van der Waals surface area contributed by atoms with Gasteiger partial charge in [0.05, 0.1) is 0 Å². The van der Waals surface area contributed by atoms with Crippen molar-refractivity contribution in [1.29, 1.82) is 0 Å². The third-order valence-corrected chi connectivity index (χ3v) is 2.98. The molecule has 2 atom stereocenters. The molecule has 1 amide bonds. The Morgan fingerprint density at radius 3 is 2.30 bits per heavy atom. The van der Waals surface area contributed by atoms with Crippen molar-refractivity contribution in [1.82, 2.24) is 4.90 Å². The van der Waals surface area contributed by atoms with E-state index in [0.29, 0.717) is 19.5 Å². The number of ether oxygens (including phenoxy) is 2. The number of piperidine rings is 1. The highest BCUT2D eigenvalue weighted by Crippen LogP contribution is 2.16. The number of nitrogens with zero attached hydrogens (tertiary/aromatic N) is 1. The SMILES string of the molecule is CC1CN(C(=O)OC(=O)C(=O)OC(C)(C)C)CCC1N. The maximum Gasteiger partial charge on any atom is 0.426 e. The van der Waals surface area contributed by atoms with E-state index in [1.54, 1.807) is 20.8 Å². The van der Waals surface area contributed by atoms with Crippen LogP contribution in [0.25, 0.3) is 0 Å². The molecule has 1 fully saturated rings. The second-order valence-electron chi connectivity index (χ2n) is 6.03. The molecule has 2 unspecified atom stereocenters. The van der Waals surface area contributed by atoms with Gasteiger partial charge in [0.25, 0.3) is 0 Å². The van der Waals surface area contributed by atoms with Crippen molar-refractivity contribution in [3.05, 3.63) is 0 Å². The Morgan fingerprint density at radius 1 is 1.20 bits per heavy atom. The highest BCUT2D eigenvalue weighted by atomic mass is 16.6. The summed E-state index contributed by atoms with van der Waals surface area (Å²) in [7, 11) is 0. The minimum absolute atomic E-state index is 0.0283. The van der Waals surface area contributed by atoms with E-state index in [9.17, 15) is 14.4 Å². The fraction of sp³-hybridized carbons (Fsp3) is 0.769. The monoisotopic (exact) mass is 286 g/mol. The number of carbonyl (C=O) groups is 3. The summed E-state index contributed by atoms with van der Waals surface area (Å²) in [6.07, 6.45) is -0.198. The van der Waals surface area contributed by atoms with E-state index in [1.165, 1.54) is 4.90 Å². The van der Waals surface area contributed by atoms with E-state index in [0.717, 1.165) is 0 Å². The highest BCUT2D eigenvalue weighted by molar-refractivity contribution is 6.31. The van der Waals surface area contributed by atoms with Gasteiger partial charge in [-0.3, -0.25) is 0 Å². The summed E-state index contributed by atoms with van der Waals surface area (Å²) in [5.41, 5.74) is 5.03.